The number of nitrogens with two attached hydrogens (primary N) is 1. The number of nitrogens with zero attached hydrogens (tertiary/aromatic N) is 3. The van der Waals surface area contributed by atoms with Crippen LogP contribution in [-0.2, 0) is 14.3 Å². The molecule has 3 saturated carbocycles. The van der Waals surface area contributed by atoms with Crippen LogP contribution in [0.15, 0.2) is 18.0 Å². The summed E-state index contributed by atoms with van der Waals surface area (Å²) in [6, 6.07) is 0. The molecule has 12 atom stereocenters. The lowest BCUT2D eigenvalue weighted by Crippen LogP contribution is -2.68. The summed E-state index contributed by atoms with van der Waals surface area (Å²) >= 11 is 0. The maximum absolute atomic E-state index is 13.6. The zero-order valence-electron chi connectivity index (χ0n) is 34.1. The van der Waals surface area contributed by atoms with Gasteiger partial charge in [0.15, 0.2) is 6.23 Å². The molecule has 1 aliphatic heterocycles. The largest absolute Gasteiger partial charge is 0.481 e. The van der Waals surface area contributed by atoms with Gasteiger partial charge in [0, 0.05) is 17.5 Å². The molecule has 292 valence electrons. The number of fused-ring (bicyclic) bond motifs is 3. The summed E-state index contributed by atoms with van der Waals surface area (Å²) in [5, 5.41) is 18.9. The molecule has 1 aromatic heterocycles. The standard InChI is InChI=1S/C42H69N5O5/c1-12-19-44-34(48)33-45-24-46-47(33)36-42-21-28(51-23-41(11,43)26(4)5)20-37(7,22-52-36)31(42)14-13-29-30(42)15-16-40(10)32(35(49)50)38(8,27(6)25(2)3)17-18-39(29,40)9/h15,24-29,31-32,36H,12-14,16-23,43H2,1-11H3,(H,44,48)(H,49,50)/t27-,28-,29+,31-,32-,36?,37-,38-,39-,40+,41-,42+/m1/s1. The van der Waals surface area contributed by atoms with Crippen LogP contribution in [-0.4, -0.2) is 63.1 Å². The van der Waals surface area contributed by atoms with Gasteiger partial charge in [0.25, 0.3) is 5.91 Å². The number of allylic oxidation sites excluding steroid dienone is 1. The number of carboxylic acid groups (broad SMARTS) is 1. The van der Waals surface area contributed by atoms with Gasteiger partial charge in [-0.2, -0.15) is 5.10 Å². The van der Waals surface area contributed by atoms with E-state index in [1.165, 1.54) is 11.9 Å². The van der Waals surface area contributed by atoms with E-state index < -0.39 is 34.5 Å². The van der Waals surface area contributed by atoms with Crippen molar-refractivity contribution in [1.82, 2.24) is 20.1 Å². The lowest BCUT2D eigenvalue weighted by molar-refractivity contribution is -0.272. The molecule has 5 aliphatic rings. The van der Waals surface area contributed by atoms with E-state index in [1.807, 2.05) is 6.92 Å². The lowest BCUT2D eigenvalue weighted by atomic mass is 9.34. The van der Waals surface area contributed by atoms with Gasteiger partial charge >= 0.3 is 5.97 Å². The molecule has 1 unspecified atom stereocenters. The van der Waals surface area contributed by atoms with Crippen LogP contribution in [0.1, 0.15) is 144 Å². The fourth-order valence-corrected chi connectivity index (χ4v) is 12.4. The van der Waals surface area contributed by atoms with Crippen molar-refractivity contribution in [3.63, 3.8) is 0 Å². The predicted octanol–water partition coefficient (Wildman–Crippen LogP) is 7.65. The van der Waals surface area contributed by atoms with E-state index >= 15 is 0 Å². The molecule has 10 heteroatoms. The second-order valence-electron chi connectivity index (χ2n) is 19.8. The zero-order valence-corrected chi connectivity index (χ0v) is 34.1. The highest BCUT2D eigenvalue weighted by atomic mass is 16.5. The van der Waals surface area contributed by atoms with Crippen molar-refractivity contribution >= 4 is 11.9 Å². The van der Waals surface area contributed by atoms with Gasteiger partial charge in [-0.15, -0.1) is 0 Å². The fraction of sp³-hybridized carbons (Fsp3) is 0.857. The molecule has 4 aliphatic carbocycles. The van der Waals surface area contributed by atoms with Crippen molar-refractivity contribution in [2.45, 2.75) is 145 Å². The van der Waals surface area contributed by atoms with Crippen LogP contribution in [0, 0.1) is 62.6 Å². The first kappa shape index (κ1) is 39.4. The Balaban J connectivity index is 1.51. The Bertz CT molecular complexity index is 1550. The van der Waals surface area contributed by atoms with E-state index in [4.69, 9.17) is 20.3 Å². The number of carbonyl (C=O) groups excluding carboxylic acids is 1. The number of carboxylic acids is 1. The van der Waals surface area contributed by atoms with Crippen LogP contribution < -0.4 is 11.1 Å². The zero-order chi connectivity index (χ0) is 38.2. The van der Waals surface area contributed by atoms with Crippen molar-refractivity contribution in [1.29, 1.82) is 0 Å². The molecular weight excluding hydrogens is 654 g/mol. The van der Waals surface area contributed by atoms with Gasteiger partial charge in [-0.1, -0.05) is 80.9 Å². The molecule has 1 aromatic rings. The Morgan fingerprint density at radius 2 is 1.83 bits per heavy atom. The smallest absolute Gasteiger partial charge is 0.307 e. The molecule has 1 amide bonds. The van der Waals surface area contributed by atoms with Crippen molar-refractivity contribution in [3.8, 4) is 0 Å². The number of ether oxygens (including phenoxy) is 2. The minimum atomic E-state index is -0.662. The van der Waals surface area contributed by atoms with Crippen molar-refractivity contribution in [3.05, 3.63) is 23.8 Å². The number of hydrogen-bond donors (Lipinski definition) is 3. The predicted molar refractivity (Wildman–Crippen MR) is 202 cm³/mol. The summed E-state index contributed by atoms with van der Waals surface area (Å²) in [4.78, 5) is 31.7. The Hall–Kier alpha value is -2.30. The Morgan fingerprint density at radius 1 is 1.12 bits per heavy atom. The highest BCUT2D eigenvalue weighted by Gasteiger charge is 2.72. The Labute approximate surface area is 312 Å². The summed E-state index contributed by atoms with van der Waals surface area (Å²) in [6.07, 6.45) is 10.3. The summed E-state index contributed by atoms with van der Waals surface area (Å²) in [7, 11) is 0. The lowest BCUT2D eigenvalue weighted by Gasteiger charge is -2.71. The highest BCUT2D eigenvalue weighted by molar-refractivity contribution is 5.90. The van der Waals surface area contributed by atoms with Crippen LogP contribution in [0.25, 0.3) is 0 Å². The first-order valence-corrected chi connectivity index (χ1v) is 20.4. The maximum Gasteiger partial charge on any atom is 0.307 e. The number of hydrogen-bond acceptors (Lipinski definition) is 7. The van der Waals surface area contributed by atoms with E-state index in [1.54, 1.807) is 4.68 Å². The number of amides is 1. The van der Waals surface area contributed by atoms with Crippen LogP contribution in [0.2, 0.25) is 0 Å². The fourth-order valence-electron chi connectivity index (χ4n) is 12.4. The van der Waals surface area contributed by atoms with E-state index in [-0.39, 0.29) is 57.8 Å². The molecule has 52 heavy (non-hydrogen) atoms. The van der Waals surface area contributed by atoms with Crippen molar-refractivity contribution < 1.29 is 24.2 Å². The molecule has 10 nitrogen and oxygen atoms in total. The third-order valence-corrected chi connectivity index (χ3v) is 16.5. The molecule has 2 bridgehead atoms. The second-order valence-corrected chi connectivity index (χ2v) is 19.8. The third-order valence-electron chi connectivity index (χ3n) is 16.5. The van der Waals surface area contributed by atoms with Gasteiger partial charge in [0.05, 0.1) is 25.2 Å². The average molecular weight is 724 g/mol. The Morgan fingerprint density at radius 3 is 2.46 bits per heavy atom. The SMILES string of the molecule is CCCNC(=O)c1ncnn1C1OC[C@@]2(C)C[C@@H](OC[C@@](C)(N)C(C)C)C[C@@]13C1=CC[C@@]4(C)[C@H](C(=O)O)[C@@](C)([C@H](C)C(C)C)CC[C@]4(C)[C@H]1CC[C@H]23. The molecule has 4 fully saturated rings. The Kier molecular flexibility index (Phi) is 10.2. The topological polar surface area (TPSA) is 142 Å². The van der Waals surface area contributed by atoms with Crippen molar-refractivity contribution in [2.75, 3.05) is 19.8 Å². The van der Waals surface area contributed by atoms with E-state index in [0.717, 1.165) is 44.9 Å². The molecule has 2 heterocycles. The van der Waals surface area contributed by atoms with Gasteiger partial charge < -0.3 is 25.6 Å². The van der Waals surface area contributed by atoms with Crippen molar-refractivity contribution in [2.24, 2.45) is 68.3 Å². The van der Waals surface area contributed by atoms with Gasteiger partial charge in [-0.05, 0) is 110 Å². The van der Waals surface area contributed by atoms with Gasteiger partial charge in [-0.25, -0.2) is 9.67 Å². The average Bonchev–Trinajstić information content (AvgIpc) is 3.55. The van der Waals surface area contributed by atoms with Gasteiger partial charge in [0.2, 0.25) is 5.82 Å². The molecule has 0 radical (unpaired) electrons. The molecular formula is C42H69N5O5. The quantitative estimate of drug-likeness (QED) is 0.198. The number of rotatable bonds is 11. The maximum atomic E-state index is 13.6. The highest BCUT2D eigenvalue weighted by Crippen LogP contribution is 2.76. The number of aliphatic carboxylic acids is 1. The normalized spacial score (nSPS) is 41.7. The van der Waals surface area contributed by atoms with E-state index in [9.17, 15) is 14.7 Å². The monoisotopic (exact) mass is 724 g/mol. The summed E-state index contributed by atoms with van der Waals surface area (Å²) in [5.74, 6) is 0.221. The second kappa shape index (κ2) is 13.5. The van der Waals surface area contributed by atoms with Crippen LogP contribution in [0.4, 0.5) is 0 Å². The molecule has 0 spiro atoms. The van der Waals surface area contributed by atoms with Crippen LogP contribution in [0.3, 0.4) is 0 Å². The summed E-state index contributed by atoms with van der Waals surface area (Å²) in [6.45, 7) is 26.0. The molecule has 1 saturated heterocycles. The summed E-state index contributed by atoms with van der Waals surface area (Å²) in [5.41, 5.74) is 5.98. The summed E-state index contributed by atoms with van der Waals surface area (Å²) < 4.78 is 15.7. The molecule has 4 N–H and O–H groups in total. The van der Waals surface area contributed by atoms with Crippen LogP contribution >= 0.6 is 0 Å². The third kappa shape index (κ3) is 5.73. The number of aromatic nitrogens is 3. The minimum absolute atomic E-state index is 0.0655. The number of carbonyl (C=O) groups is 2. The number of nitrogens with one attached hydrogen (secondary N) is 1. The van der Waals surface area contributed by atoms with Crippen LogP contribution in [0.5, 0.6) is 0 Å². The minimum Gasteiger partial charge on any atom is -0.481 e. The van der Waals surface area contributed by atoms with E-state index in [2.05, 4.69) is 85.6 Å². The van der Waals surface area contributed by atoms with E-state index in [0.29, 0.717) is 32.1 Å². The molecule has 6 rings (SSSR count). The van der Waals surface area contributed by atoms with Gasteiger partial charge in [0.1, 0.15) is 6.33 Å². The first-order chi connectivity index (χ1) is 24.2. The first-order valence-electron chi connectivity index (χ1n) is 20.4. The van der Waals surface area contributed by atoms with Gasteiger partial charge in [-0.3, -0.25) is 9.59 Å². The molecule has 0 aromatic carbocycles.